The molecule has 0 bridgehead atoms. The first-order chi connectivity index (χ1) is 28.5. The van der Waals surface area contributed by atoms with E-state index in [0.29, 0.717) is 19.3 Å². The molecule has 0 aromatic carbocycles. The van der Waals surface area contributed by atoms with Gasteiger partial charge >= 0.3 is 17.9 Å². The molecular weight excluding hydrogens is 721 g/mol. The van der Waals surface area contributed by atoms with Crippen LogP contribution in [0.25, 0.3) is 0 Å². The Morgan fingerprint density at radius 2 is 0.672 bits per heavy atom. The molecule has 6 heteroatoms. The number of rotatable bonds is 43. The lowest BCUT2D eigenvalue weighted by atomic mass is 10.1. The molecule has 334 valence electrons. The van der Waals surface area contributed by atoms with Crippen LogP contribution in [0.3, 0.4) is 0 Å². The maximum Gasteiger partial charge on any atom is 0.306 e. The Hall–Kier alpha value is -2.89. The van der Waals surface area contributed by atoms with Crippen molar-refractivity contribution in [1.29, 1.82) is 0 Å². The molecule has 0 aromatic rings. The second-order valence-electron chi connectivity index (χ2n) is 16.0. The van der Waals surface area contributed by atoms with Gasteiger partial charge < -0.3 is 14.2 Å². The number of hydrogen-bond acceptors (Lipinski definition) is 6. The SMILES string of the molecule is CC/C=C\C/C=C\C/C=C\CCCCCCCC(=O)OC[C@@H](COC(=O)CCCCCCC/C=C\CCCCC)OC(=O)CCCCCCC/C=C\CCCCCC. The molecule has 1 atom stereocenters. The van der Waals surface area contributed by atoms with Gasteiger partial charge in [-0.3, -0.25) is 14.4 Å². The van der Waals surface area contributed by atoms with Gasteiger partial charge in [0.1, 0.15) is 13.2 Å². The van der Waals surface area contributed by atoms with E-state index in [2.05, 4.69) is 81.5 Å². The Labute approximate surface area is 358 Å². The average molecular weight is 811 g/mol. The van der Waals surface area contributed by atoms with Crippen LogP contribution < -0.4 is 0 Å². The van der Waals surface area contributed by atoms with E-state index in [1.807, 2.05) is 0 Å². The van der Waals surface area contributed by atoms with Crippen LogP contribution in [0, 0.1) is 0 Å². The third kappa shape index (κ3) is 44.2. The van der Waals surface area contributed by atoms with Crippen LogP contribution in [-0.4, -0.2) is 37.2 Å². The van der Waals surface area contributed by atoms with Gasteiger partial charge in [-0.15, -0.1) is 0 Å². The van der Waals surface area contributed by atoms with E-state index in [-0.39, 0.29) is 31.1 Å². The summed E-state index contributed by atoms with van der Waals surface area (Å²) in [5.74, 6) is -0.923. The predicted octanol–water partition coefficient (Wildman–Crippen LogP) is 15.7. The van der Waals surface area contributed by atoms with Gasteiger partial charge in [0.05, 0.1) is 0 Å². The summed E-state index contributed by atoms with van der Waals surface area (Å²) < 4.78 is 16.7. The lowest BCUT2D eigenvalue weighted by Crippen LogP contribution is -2.30. The van der Waals surface area contributed by atoms with E-state index in [1.54, 1.807) is 0 Å². The number of carbonyl (C=O) groups is 3. The van der Waals surface area contributed by atoms with Gasteiger partial charge in [0.15, 0.2) is 6.10 Å². The van der Waals surface area contributed by atoms with E-state index in [1.165, 1.54) is 77.0 Å². The zero-order valence-electron chi connectivity index (χ0n) is 38.0. The molecule has 0 radical (unpaired) electrons. The molecule has 0 aliphatic carbocycles. The maximum atomic E-state index is 12.7. The average Bonchev–Trinajstić information content (AvgIpc) is 3.22. The van der Waals surface area contributed by atoms with Crippen molar-refractivity contribution in [2.45, 2.75) is 239 Å². The molecule has 0 heterocycles. The van der Waals surface area contributed by atoms with Crippen LogP contribution >= 0.6 is 0 Å². The fourth-order valence-electron chi connectivity index (χ4n) is 6.56. The molecule has 58 heavy (non-hydrogen) atoms. The normalized spacial score (nSPS) is 12.5. The van der Waals surface area contributed by atoms with E-state index in [4.69, 9.17) is 14.2 Å². The highest BCUT2D eigenvalue weighted by Gasteiger charge is 2.19. The van der Waals surface area contributed by atoms with Crippen LogP contribution in [0.4, 0.5) is 0 Å². The highest BCUT2D eigenvalue weighted by molar-refractivity contribution is 5.71. The predicted molar refractivity (Wildman–Crippen MR) is 247 cm³/mol. The quantitative estimate of drug-likeness (QED) is 0.0264. The van der Waals surface area contributed by atoms with Crippen molar-refractivity contribution in [2.24, 2.45) is 0 Å². The molecule has 0 fully saturated rings. The molecule has 0 amide bonds. The zero-order valence-corrected chi connectivity index (χ0v) is 38.0. The number of esters is 3. The highest BCUT2D eigenvalue weighted by Crippen LogP contribution is 2.13. The van der Waals surface area contributed by atoms with Gasteiger partial charge in [0, 0.05) is 19.3 Å². The first kappa shape index (κ1) is 55.1. The van der Waals surface area contributed by atoms with Crippen molar-refractivity contribution in [3.63, 3.8) is 0 Å². The summed E-state index contributed by atoms with van der Waals surface area (Å²) in [5.41, 5.74) is 0. The van der Waals surface area contributed by atoms with Crippen LogP contribution in [-0.2, 0) is 28.6 Å². The van der Waals surface area contributed by atoms with Gasteiger partial charge in [-0.2, -0.15) is 0 Å². The molecule has 0 unspecified atom stereocenters. The molecule has 0 aromatic heterocycles. The standard InChI is InChI=1S/C52H90O6/c1-4-7-10-13-16-19-22-25-26-28-30-33-36-39-42-45-51(54)57-48-49(47-56-50(53)44-41-38-35-32-29-24-21-18-15-12-9-6-3)58-52(55)46-43-40-37-34-31-27-23-20-17-14-11-8-5-2/h7,10,16,18-21,23,25-26,49H,4-6,8-9,11-15,17,22,24,27-48H2,1-3H3/b10-7-,19-16-,21-18-,23-20-,26-25-/t49-/m1/s1. The number of allylic oxidation sites excluding steroid dienone is 10. The summed E-state index contributed by atoms with van der Waals surface area (Å²) in [6, 6.07) is 0. The maximum absolute atomic E-state index is 12.7. The first-order valence-electron chi connectivity index (χ1n) is 24.3. The van der Waals surface area contributed by atoms with E-state index in [9.17, 15) is 14.4 Å². The third-order valence-electron chi connectivity index (χ3n) is 10.2. The first-order valence-corrected chi connectivity index (χ1v) is 24.3. The summed E-state index contributed by atoms with van der Waals surface area (Å²) in [4.78, 5) is 37.8. The molecule has 0 saturated carbocycles. The van der Waals surface area contributed by atoms with Crippen LogP contribution in [0.5, 0.6) is 0 Å². The van der Waals surface area contributed by atoms with E-state index >= 15 is 0 Å². The van der Waals surface area contributed by atoms with Gasteiger partial charge in [-0.05, 0) is 103 Å². The largest absolute Gasteiger partial charge is 0.462 e. The van der Waals surface area contributed by atoms with Crippen LogP contribution in [0.15, 0.2) is 60.8 Å². The van der Waals surface area contributed by atoms with Gasteiger partial charge in [0.25, 0.3) is 0 Å². The van der Waals surface area contributed by atoms with Crippen molar-refractivity contribution < 1.29 is 28.6 Å². The van der Waals surface area contributed by atoms with Crippen LogP contribution in [0.2, 0.25) is 0 Å². The van der Waals surface area contributed by atoms with Gasteiger partial charge in [-0.25, -0.2) is 0 Å². The smallest absolute Gasteiger partial charge is 0.306 e. The number of unbranched alkanes of at least 4 members (excludes halogenated alkanes) is 22. The van der Waals surface area contributed by atoms with E-state index in [0.717, 1.165) is 116 Å². The van der Waals surface area contributed by atoms with Gasteiger partial charge in [-0.1, -0.05) is 171 Å². The summed E-state index contributed by atoms with van der Waals surface area (Å²) in [6.45, 7) is 6.45. The topological polar surface area (TPSA) is 78.9 Å². The minimum Gasteiger partial charge on any atom is -0.462 e. The fraction of sp³-hybridized carbons (Fsp3) is 0.750. The van der Waals surface area contributed by atoms with Crippen molar-refractivity contribution >= 4 is 17.9 Å². The molecule has 0 aliphatic rings. The summed E-state index contributed by atoms with van der Waals surface area (Å²) in [5, 5.41) is 0. The molecule has 0 N–H and O–H groups in total. The monoisotopic (exact) mass is 811 g/mol. The molecule has 0 rings (SSSR count). The molecule has 0 spiro atoms. The fourth-order valence-corrected chi connectivity index (χ4v) is 6.56. The van der Waals surface area contributed by atoms with Gasteiger partial charge in [0.2, 0.25) is 0 Å². The van der Waals surface area contributed by atoms with Crippen molar-refractivity contribution in [3.8, 4) is 0 Å². The Kier molecular flexibility index (Phi) is 44.5. The molecule has 0 aliphatic heterocycles. The lowest BCUT2D eigenvalue weighted by Gasteiger charge is -2.18. The van der Waals surface area contributed by atoms with Crippen LogP contribution in [0.1, 0.15) is 233 Å². The highest BCUT2D eigenvalue weighted by atomic mass is 16.6. The lowest BCUT2D eigenvalue weighted by molar-refractivity contribution is -0.167. The van der Waals surface area contributed by atoms with Crippen molar-refractivity contribution in [3.05, 3.63) is 60.8 Å². The Balaban J connectivity index is 4.43. The second-order valence-corrected chi connectivity index (χ2v) is 16.0. The van der Waals surface area contributed by atoms with Crippen molar-refractivity contribution in [1.82, 2.24) is 0 Å². The summed E-state index contributed by atoms with van der Waals surface area (Å²) >= 11 is 0. The Bertz CT molecular complexity index is 1070. The number of hydrogen-bond donors (Lipinski definition) is 0. The number of ether oxygens (including phenoxy) is 3. The molecule has 0 saturated heterocycles. The second kappa shape index (κ2) is 46.8. The van der Waals surface area contributed by atoms with E-state index < -0.39 is 6.10 Å². The molecular formula is C52H90O6. The molecule has 6 nitrogen and oxygen atoms in total. The minimum atomic E-state index is -0.786. The minimum absolute atomic E-state index is 0.0877. The zero-order chi connectivity index (χ0) is 42.3. The summed E-state index contributed by atoms with van der Waals surface area (Å²) in [6.07, 6.45) is 56.2. The Morgan fingerprint density at radius 1 is 0.362 bits per heavy atom. The van der Waals surface area contributed by atoms with Crippen molar-refractivity contribution in [2.75, 3.05) is 13.2 Å². The summed E-state index contributed by atoms with van der Waals surface area (Å²) in [7, 11) is 0. The Morgan fingerprint density at radius 3 is 1.10 bits per heavy atom. The number of carbonyl (C=O) groups excluding carboxylic acids is 3. The third-order valence-corrected chi connectivity index (χ3v) is 10.2.